The summed E-state index contributed by atoms with van der Waals surface area (Å²) in [4.78, 5) is 8.48. The van der Waals surface area contributed by atoms with Gasteiger partial charge in [0.15, 0.2) is 5.82 Å². The molecule has 1 aliphatic rings. The lowest BCUT2D eigenvalue weighted by Gasteiger charge is -2.23. The summed E-state index contributed by atoms with van der Waals surface area (Å²) in [5, 5.41) is 12.8. The Bertz CT molecular complexity index is 806. The number of hydrazine groups is 1. The van der Waals surface area contributed by atoms with Gasteiger partial charge in [-0.25, -0.2) is 5.84 Å². The van der Waals surface area contributed by atoms with E-state index in [1.54, 1.807) is 20.8 Å². The molecule has 1 aliphatic heterocycles. The third kappa shape index (κ3) is 1.88. The molecule has 4 N–H and O–H groups in total. The molecule has 3 aromatic rings. The van der Waals surface area contributed by atoms with Gasteiger partial charge in [-0.15, -0.1) is 11.3 Å². The lowest BCUT2D eigenvalue weighted by molar-refractivity contribution is -0.915. The van der Waals surface area contributed by atoms with E-state index in [4.69, 9.17) is 5.84 Å². The molecule has 0 amide bonds. The van der Waals surface area contributed by atoms with E-state index in [0.29, 0.717) is 11.6 Å². The molecule has 8 nitrogen and oxygen atoms in total. The first-order valence-corrected chi connectivity index (χ1v) is 7.96. The summed E-state index contributed by atoms with van der Waals surface area (Å²) in [5.74, 6) is 6.80. The molecule has 0 spiro atoms. The van der Waals surface area contributed by atoms with Crippen molar-refractivity contribution >= 4 is 33.1 Å². The van der Waals surface area contributed by atoms with Gasteiger partial charge >= 0.3 is 0 Å². The van der Waals surface area contributed by atoms with Crippen molar-refractivity contribution in [1.29, 1.82) is 0 Å². The van der Waals surface area contributed by atoms with Crippen molar-refractivity contribution in [1.82, 2.24) is 25.0 Å². The van der Waals surface area contributed by atoms with Gasteiger partial charge in [0, 0.05) is 6.42 Å². The van der Waals surface area contributed by atoms with Crippen LogP contribution in [-0.2, 0) is 13.0 Å². The van der Waals surface area contributed by atoms with Crippen molar-refractivity contribution in [2.75, 3.05) is 18.5 Å². The maximum Gasteiger partial charge on any atom is 0.276 e. The average molecular weight is 305 g/mol. The molecule has 4 rings (SSSR count). The Morgan fingerprint density at radius 1 is 1.48 bits per heavy atom. The van der Waals surface area contributed by atoms with Crippen molar-refractivity contribution < 1.29 is 4.90 Å². The first-order chi connectivity index (χ1) is 10.3. The van der Waals surface area contributed by atoms with Gasteiger partial charge in [-0.2, -0.15) is 9.50 Å². The van der Waals surface area contributed by atoms with Gasteiger partial charge in [-0.3, -0.25) is 0 Å². The molecule has 0 radical (unpaired) electrons. The predicted molar refractivity (Wildman–Crippen MR) is 80.2 cm³/mol. The lowest BCUT2D eigenvalue weighted by atomic mass is 10.0. The number of rotatable bonds is 3. The fraction of sp³-hybridized carbons (Fsp3) is 0.500. The number of thiophene rings is 1. The van der Waals surface area contributed by atoms with Gasteiger partial charge in [0.1, 0.15) is 11.4 Å². The van der Waals surface area contributed by atoms with Gasteiger partial charge in [0.25, 0.3) is 5.78 Å². The van der Waals surface area contributed by atoms with E-state index in [-0.39, 0.29) is 0 Å². The third-order valence-electron chi connectivity index (χ3n) is 4.05. The smallest absolute Gasteiger partial charge is 0.276 e. The van der Waals surface area contributed by atoms with E-state index in [2.05, 4.69) is 32.9 Å². The summed E-state index contributed by atoms with van der Waals surface area (Å²) in [7, 11) is 0. The number of nitrogens with zero attached hydrogens (tertiary/aromatic N) is 5. The first kappa shape index (κ1) is 12.9. The monoisotopic (exact) mass is 305 g/mol. The van der Waals surface area contributed by atoms with Crippen molar-refractivity contribution in [3.63, 3.8) is 0 Å². The zero-order valence-electron chi connectivity index (χ0n) is 11.8. The van der Waals surface area contributed by atoms with Crippen LogP contribution in [0.2, 0.25) is 0 Å². The van der Waals surface area contributed by atoms with Crippen molar-refractivity contribution in [3.05, 3.63) is 10.4 Å². The quantitative estimate of drug-likeness (QED) is 0.440. The summed E-state index contributed by atoms with van der Waals surface area (Å²) >= 11 is 1.76. The highest BCUT2D eigenvalue weighted by Crippen LogP contribution is 2.35. The third-order valence-corrected chi connectivity index (χ3v) is 5.25. The molecule has 0 saturated carbocycles. The molecule has 21 heavy (non-hydrogen) atoms. The molecule has 0 fully saturated rings. The number of nitrogens with two attached hydrogens (primary N) is 1. The second kappa shape index (κ2) is 4.86. The maximum atomic E-state index is 5.65. The second-order valence-electron chi connectivity index (χ2n) is 5.36. The van der Waals surface area contributed by atoms with Crippen LogP contribution in [0.15, 0.2) is 0 Å². The number of anilines is 1. The fourth-order valence-corrected chi connectivity index (χ4v) is 4.49. The minimum Gasteiger partial charge on any atom is -0.330 e. The molecule has 0 aromatic carbocycles. The average Bonchev–Trinajstić information content (AvgIpc) is 3.09. The van der Waals surface area contributed by atoms with Crippen LogP contribution >= 0.6 is 11.3 Å². The van der Waals surface area contributed by atoms with Crippen LogP contribution in [0, 0.1) is 0 Å². The van der Waals surface area contributed by atoms with E-state index in [1.807, 2.05) is 0 Å². The first-order valence-electron chi connectivity index (χ1n) is 7.14. The summed E-state index contributed by atoms with van der Waals surface area (Å²) in [6.45, 7) is 5.67. The zero-order chi connectivity index (χ0) is 14.4. The standard InChI is InChI=1S/C12H16N8S/c1-2-4-19-5-3-7-8(6-19)21-11-9(7)10(15-13)14-12-16-17-18-20(11)12/h2-6,13H2,1H3,(H,14,15,16,18)/p+1. The van der Waals surface area contributed by atoms with Crippen LogP contribution in [0.1, 0.15) is 23.8 Å². The van der Waals surface area contributed by atoms with E-state index in [1.165, 1.54) is 23.4 Å². The number of tetrazole rings is 1. The summed E-state index contributed by atoms with van der Waals surface area (Å²) in [6, 6.07) is 0. The Kier molecular flexibility index (Phi) is 2.98. The van der Waals surface area contributed by atoms with Crippen LogP contribution in [-0.4, -0.2) is 38.1 Å². The van der Waals surface area contributed by atoms with Gasteiger partial charge in [-0.1, -0.05) is 12.0 Å². The minimum atomic E-state index is 0.479. The van der Waals surface area contributed by atoms with Gasteiger partial charge in [0.2, 0.25) is 0 Å². The van der Waals surface area contributed by atoms with Crippen LogP contribution in [0.25, 0.3) is 16.0 Å². The summed E-state index contributed by atoms with van der Waals surface area (Å²) < 4.78 is 1.71. The highest BCUT2D eigenvalue weighted by Gasteiger charge is 2.27. The Labute approximate surface area is 124 Å². The highest BCUT2D eigenvalue weighted by molar-refractivity contribution is 7.19. The Hall–Kier alpha value is -1.84. The van der Waals surface area contributed by atoms with E-state index in [9.17, 15) is 0 Å². The Morgan fingerprint density at radius 3 is 3.19 bits per heavy atom. The molecule has 1 atom stereocenters. The molecule has 1 unspecified atom stereocenters. The minimum absolute atomic E-state index is 0.479. The number of nitrogen functional groups attached to an aromatic ring is 1. The van der Waals surface area contributed by atoms with Gasteiger partial charge in [0.05, 0.1) is 23.4 Å². The summed E-state index contributed by atoms with van der Waals surface area (Å²) in [6.07, 6.45) is 2.26. The van der Waals surface area contributed by atoms with Gasteiger partial charge < -0.3 is 10.3 Å². The molecule has 3 aromatic heterocycles. The van der Waals surface area contributed by atoms with E-state index >= 15 is 0 Å². The van der Waals surface area contributed by atoms with Crippen molar-refractivity contribution in [2.24, 2.45) is 5.84 Å². The highest BCUT2D eigenvalue weighted by atomic mass is 32.1. The molecule has 9 heteroatoms. The van der Waals surface area contributed by atoms with Gasteiger partial charge in [-0.05, 0) is 22.4 Å². The number of aromatic nitrogens is 5. The molecule has 0 aliphatic carbocycles. The van der Waals surface area contributed by atoms with Crippen LogP contribution < -0.4 is 16.2 Å². The molecular formula is C12H17N8S+. The SMILES string of the molecule is CCC[NH+]1CCc2c(sc3c2c(NN)nc2nnnn23)C1. The largest absolute Gasteiger partial charge is 0.330 e. The molecule has 0 bridgehead atoms. The molecular weight excluding hydrogens is 288 g/mol. The fourth-order valence-electron chi connectivity index (χ4n) is 3.13. The van der Waals surface area contributed by atoms with E-state index in [0.717, 1.165) is 29.7 Å². The lowest BCUT2D eigenvalue weighted by Crippen LogP contribution is -3.11. The number of nitrogens with one attached hydrogen (secondary N) is 2. The van der Waals surface area contributed by atoms with Crippen LogP contribution in [0.3, 0.4) is 0 Å². The normalized spacial score (nSPS) is 18.3. The van der Waals surface area contributed by atoms with Crippen molar-refractivity contribution in [3.8, 4) is 0 Å². The second-order valence-corrected chi connectivity index (χ2v) is 6.44. The Morgan fingerprint density at radius 2 is 2.38 bits per heavy atom. The molecule has 110 valence electrons. The van der Waals surface area contributed by atoms with Crippen LogP contribution in [0.5, 0.6) is 0 Å². The van der Waals surface area contributed by atoms with Crippen LogP contribution in [0.4, 0.5) is 5.82 Å². The number of fused-ring (bicyclic) bond motifs is 5. The Balaban J connectivity index is 1.94. The predicted octanol–water partition coefficient (Wildman–Crippen LogP) is -0.629. The zero-order valence-corrected chi connectivity index (χ0v) is 12.6. The topological polar surface area (TPSA) is 98.5 Å². The number of quaternary nitrogens is 1. The number of hydrogen-bond acceptors (Lipinski definition) is 7. The number of hydrogen-bond donors (Lipinski definition) is 3. The van der Waals surface area contributed by atoms with Crippen molar-refractivity contribution in [2.45, 2.75) is 26.3 Å². The summed E-state index contributed by atoms with van der Waals surface area (Å²) in [5.41, 5.74) is 4.06. The maximum absolute atomic E-state index is 5.65. The van der Waals surface area contributed by atoms with E-state index < -0.39 is 0 Å². The molecule has 4 heterocycles. The molecule has 0 saturated heterocycles.